The van der Waals surface area contributed by atoms with E-state index < -0.39 is 0 Å². The second kappa shape index (κ2) is 6.00. The molecule has 1 aliphatic carbocycles. The molecule has 0 N–H and O–H groups in total. The highest BCUT2D eigenvalue weighted by molar-refractivity contribution is 7.07. The lowest BCUT2D eigenvalue weighted by atomic mass is 9.95. The van der Waals surface area contributed by atoms with E-state index >= 15 is 0 Å². The summed E-state index contributed by atoms with van der Waals surface area (Å²) in [5, 5.41) is 1.75. The van der Waals surface area contributed by atoms with Gasteiger partial charge in [-0.2, -0.15) is 0 Å². The molecule has 98 valence electrons. The summed E-state index contributed by atoms with van der Waals surface area (Å²) in [6.07, 6.45) is 7.40. The Kier molecular flexibility index (Phi) is 4.36. The second-order valence-electron chi connectivity index (χ2n) is 4.56. The molecule has 1 unspecified atom stereocenters. The van der Waals surface area contributed by atoms with Crippen LogP contribution in [0.4, 0.5) is 0 Å². The fourth-order valence-corrected chi connectivity index (χ4v) is 2.72. The molecule has 0 saturated heterocycles. The average Bonchev–Trinajstić information content (AvgIpc) is 2.69. The van der Waals surface area contributed by atoms with Gasteiger partial charge >= 0.3 is 10.8 Å². The monoisotopic (exact) mass is 267 g/mol. The SMILES string of the molecule is Cc1csc(=O)n1CC(=O)OCC1CC=CCC1. The number of hydrogen-bond donors (Lipinski definition) is 0. The van der Waals surface area contributed by atoms with Gasteiger partial charge in [-0.3, -0.25) is 14.2 Å². The third kappa shape index (κ3) is 3.32. The topological polar surface area (TPSA) is 48.3 Å². The van der Waals surface area contributed by atoms with Crippen molar-refractivity contribution in [2.24, 2.45) is 5.92 Å². The van der Waals surface area contributed by atoms with Crippen molar-refractivity contribution in [1.29, 1.82) is 0 Å². The van der Waals surface area contributed by atoms with E-state index in [1.54, 1.807) is 5.38 Å². The Labute approximate surface area is 110 Å². The number of allylic oxidation sites excluding steroid dienone is 2. The van der Waals surface area contributed by atoms with E-state index in [9.17, 15) is 9.59 Å². The number of esters is 1. The highest BCUT2D eigenvalue weighted by atomic mass is 32.1. The molecule has 0 amide bonds. The molecule has 0 aliphatic heterocycles. The van der Waals surface area contributed by atoms with Crippen molar-refractivity contribution in [2.75, 3.05) is 6.61 Å². The largest absolute Gasteiger partial charge is 0.464 e. The van der Waals surface area contributed by atoms with Gasteiger partial charge in [0.25, 0.3) is 0 Å². The van der Waals surface area contributed by atoms with Crippen LogP contribution < -0.4 is 4.87 Å². The van der Waals surface area contributed by atoms with Gasteiger partial charge in [-0.1, -0.05) is 23.5 Å². The van der Waals surface area contributed by atoms with E-state index in [0.717, 1.165) is 36.3 Å². The summed E-state index contributed by atoms with van der Waals surface area (Å²) >= 11 is 1.11. The summed E-state index contributed by atoms with van der Waals surface area (Å²) < 4.78 is 6.69. The first-order valence-corrected chi connectivity index (χ1v) is 7.00. The molecule has 4 nitrogen and oxygen atoms in total. The van der Waals surface area contributed by atoms with E-state index in [4.69, 9.17) is 4.74 Å². The number of aromatic nitrogens is 1. The summed E-state index contributed by atoms with van der Waals surface area (Å²) in [7, 11) is 0. The molecular weight excluding hydrogens is 250 g/mol. The molecule has 0 radical (unpaired) electrons. The fourth-order valence-electron chi connectivity index (χ4n) is 1.99. The van der Waals surface area contributed by atoms with E-state index in [-0.39, 0.29) is 17.4 Å². The lowest BCUT2D eigenvalue weighted by Gasteiger charge is -2.17. The Morgan fingerprint density at radius 3 is 3.00 bits per heavy atom. The summed E-state index contributed by atoms with van der Waals surface area (Å²) in [6, 6.07) is 0. The molecular formula is C13H17NO3S. The van der Waals surface area contributed by atoms with Gasteiger partial charge in [0.2, 0.25) is 0 Å². The third-order valence-corrected chi connectivity index (χ3v) is 4.00. The van der Waals surface area contributed by atoms with Crippen molar-refractivity contribution >= 4 is 17.3 Å². The first-order valence-electron chi connectivity index (χ1n) is 6.12. The maximum Gasteiger partial charge on any atom is 0.326 e. The molecule has 1 heterocycles. The fraction of sp³-hybridized carbons (Fsp3) is 0.538. The molecule has 1 aliphatic rings. The Bertz CT molecular complexity index is 501. The van der Waals surface area contributed by atoms with Gasteiger partial charge in [0.15, 0.2) is 0 Å². The van der Waals surface area contributed by atoms with Gasteiger partial charge in [0, 0.05) is 11.1 Å². The van der Waals surface area contributed by atoms with Gasteiger partial charge in [0.1, 0.15) is 6.54 Å². The van der Waals surface area contributed by atoms with Gasteiger partial charge in [0.05, 0.1) is 6.61 Å². The van der Waals surface area contributed by atoms with E-state index in [1.165, 1.54) is 4.57 Å². The van der Waals surface area contributed by atoms with Gasteiger partial charge < -0.3 is 4.74 Å². The molecule has 0 spiro atoms. The zero-order chi connectivity index (χ0) is 13.0. The molecule has 18 heavy (non-hydrogen) atoms. The molecule has 0 aromatic carbocycles. The first kappa shape index (κ1) is 13.1. The number of thiazole rings is 1. The Morgan fingerprint density at radius 2 is 2.39 bits per heavy atom. The quantitative estimate of drug-likeness (QED) is 0.620. The van der Waals surface area contributed by atoms with Crippen LogP contribution in [0.1, 0.15) is 25.0 Å². The normalized spacial score (nSPS) is 18.8. The van der Waals surface area contributed by atoms with E-state index in [2.05, 4.69) is 12.2 Å². The van der Waals surface area contributed by atoms with E-state index in [0.29, 0.717) is 12.5 Å². The Morgan fingerprint density at radius 1 is 1.56 bits per heavy atom. The van der Waals surface area contributed by atoms with Crippen molar-refractivity contribution < 1.29 is 9.53 Å². The van der Waals surface area contributed by atoms with E-state index in [1.807, 2.05) is 6.92 Å². The molecule has 1 atom stereocenters. The zero-order valence-corrected chi connectivity index (χ0v) is 11.2. The lowest BCUT2D eigenvalue weighted by molar-refractivity contribution is -0.145. The van der Waals surface area contributed by atoms with Crippen molar-refractivity contribution in [1.82, 2.24) is 4.57 Å². The van der Waals surface area contributed by atoms with Crippen LogP contribution >= 0.6 is 11.3 Å². The number of rotatable bonds is 4. The predicted molar refractivity (Wildman–Crippen MR) is 70.8 cm³/mol. The number of ether oxygens (including phenoxy) is 1. The van der Waals surface area contributed by atoms with Crippen LogP contribution in [0.5, 0.6) is 0 Å². The first-order chi connectivity index (χ1) is 8.66. The van der Waals surface area contributed by atoms with Crippen LogP contribution in [-0.4, -0.2) is 17.1 Å². The van der Waals surface area contributed by atoms with Crippen molar-refractivity contribution in [3.8, 4) is 0 Å². The van der Waals surface area contributed by atoms with Gasteiger partial charge in [-0.05, 0) is 32.1 Å². The zero-order valence-electron chi connectivity index (χ0n) is 10.4. The van der Waals surface area contributed by atoms with Gasteiger partial charge in [-0.15, -0.1) is 0 Å². The second-order valence-corrected chi connectivity index (χ2v) is 5.38. The number of carbonyl (C=O) groups excluding carboxylic acids is 1. The molecule has 0 saturated carbocycles. The van der Waals surface area contributed by atoms with Crippen LogP contribution in [0.2, 0.25) is 0 Å². The summed E-state index contributed by atoms with van der Waals surface area (Å²) in [5.41, 5.74) is 0.808. The molecule has 2 rings (SSSR count). The average molecular weight is 267 g/mol. The van der Waals surface area contributed by atoms with Crippen molar-refractivity contribution in [2.45, 2.75) is 32.7 Å². The number of hydrogen-bond acceptors (Lipinski definition) is 4. The summed E-state index contributed by atoms with van der Waals surface area (Å²) in [6.45, 7) is 2.30. The molecule has 0 fully saturated rings. The minimum atomic E-state index is -0.326. The number of nitrogens with zero attached hydrogens (tertiary/aromatic N) is 1. The van der Waals surface area contributed by atoms with Crippen LogP contribution in [0.25, 0.3) is 0 Å². The van der Waals surface area contributed by atoms with Crippen LogP contribution in [0, 0.1) is 12.8 Å². The molecule has 1 aromatic rings. The van der Waals surface area contributed by atoms with Crippen molar-refractivity contribution in [3.05, 3.63) is 32.9 Å². The highest BCUT2D eigenvalue weighted by Gasteiger charge is 2.14. The Balaban J connectivity index is 1.82. The number of aryl methyl sites for hydroxylation is 1. The third-order valence-electron chi connectivity index (χ3n) is 3.12. The molecule has 1 aromatic heterocycles. The summed E-state index contributed by atoms with van der Waals surface area (Å²) in [4.78, 5) is 23.0. The lowest BCUT2D eigenvalue weighted by Crippen LogP contribution is -2.24. The van der Waals surface area contributed by atoms with Crippen molar-refractivity contribution in [3.63, 3.8) is 0 Å². The smallest absolute Gasteiger partial charge is 0.326 e. The maximum atomic E-state index is 11.7. The predicted octanol–water partition coefficient (Wildman–Crippen LogP) is 2.12. The standard InChI is InChI=1S/C13H17NO3S/c1-10-9-18-13(16)14(10)7-12(15)17-8-11-5-3-2-4-6-11/h2-3,9,11H,4-8H2,1H3. The minimum Gasteiger partial charge on any atom is -0.464 e. The molecule has 0 bridgehead atoms. The maximum absolute atomic E-state index is 11.7. The van der Waals surface area contributed by atoms with Crippen LogP contribution in [0.3, 0.4) is 0 Å². The number of carbonyl (C=O) groups is 1. The van der Waals surface area contributed by atoms with Crippen LogP contribution in [0.15, 0.2) is 22.3 Å². The Hall–Kier alpha value is -1.36. The summed E-state index contributed by atoms with van der Waals surface area (Å²) in [5.74, 6) is 0.104. The van der Waals surface area contributed by atoms with Crippen LogP contribution in [-0.2, 0) is 16.1 Å². The minimum absolute atomic E-state index is 0.0245. The molecule has 5 heteroatoms. The highest BCUT2D eigenvalue weighted by Crippen LogP contribution is 2.18. The van der Waals surface area contributed by atoms with Gasteiger partial charge in [-0.25, -0.2) is 0 Å².